The van der Waals surface area contributed by atoms with E-state index in [9.17, 15) is 4.79 Å². The van der Waals surface area contributed by atoms with Crippen molar-refractivity contribution in [3.05, 3.63) is 46.7 Å². The van der Waals surface area contributed by atoms with E-state index in [0.29, 0.717) is 11.4 Å². The van der Waals surface area contributed by atoms with Crippen LogP contribution in [0.3, 0.4) is 0 Å². The molecule has 1 unspecified atom stereocenters. The summed E-state index contributed by atoms with van der Waals surface area (Å²) < 4.78 is 0. The maximum atomic E-state index is 11.9. The van der Waals surface area contributed by atoms with Gasteiger partial charge >= 0.3 is 0 Å². The molecule has 1 heterocycles. The summed E-state index contributed by atoms with van der Waals surface area (Å²) in [5.41, 5.74) is 3.63. The van der Waals surface area contributed by atoms with Gasteiger partial charge in [0.2, 0.25) is 5.91 Å². The summed E-state index contributed by atoms with van der Waals surface area (Å²) in [6.45, 7) is 6.16. The zero-order chi connectivity index (χ0) is 14.8. The predicted octanol–water partition coefficient (Wildman–Crippen LogP) is 2.79. The number of amides is 1. The van der Waals surface area contributed by atoms with Gasteiger partial charge in [-0.25, -0.2) is 0 Å². The molecule has 0 aromatic heterocycles. The number of rotatable bonds is 3. The van der Waals surface area contributed by atoms with Crippen LogP contribution in [0.5, 0.6) is 0 Å². The van der Waals surface area contributed by atoms with Crippen LogP contribution in [0.25, 0.3) is 0 Å². The normalized spacial score (nSPS) is 18.4. The highest BCUT2D eigenvalue weighted by atomic mass is 35.5. The van der Waals surface area contributed by atoms with Crippen LogP contribution in [0.1, 0.15) is 26.3 Å². The van der Waals surface area contributed by atoms with Gasteiger partial charge in [-0.15, -0.1) is 5.48 Å². The van der Waals surface area contributed by atoms with Gasteiger partial charge in [0.1, 0.15) is 11.9 Å². The number of hydroxylamine groups is 1. The quantitative estimate of drug-likeness (QED) is 0.901. The molecule has 1 aliphatic heterocycles. The Kier molecular flexibility index (Phi) is 4.35. The fourth-order valence-electron chi connectivity index (χ4n) is 1.83. The van der Waals surface area contributed by atoms with Gasteiger partial charge in [0, 0.05) is 10.4 Å². The fourth-order valence-corrected chi connectivity index (χ4v) is 1.96. The minimum absolute atomic E-state index is 0.0696. The number of carbonyl (C=O) groups excluding carboxylic acids is 1. The minimum Gasteiger partial charge on any atom is -0.410 e. The summed E-state index contributed by atoms with van der Waals surface area (Å²) in [5.74, 6) is 0.758. The Morgan fingerprint density at radius 3 is 2.55 bits per heavy atom. The number of benzene rings is 1. The largest absolute Gasteiger partial charge is 0.410 e. The maximum absolute atomic E-state index is 11.9. The van der Waals surface area contributed by atoms with Crippen LogP contribution >= 0.6 is 11.6 Å². The average Bonchev–Trinajstić information content (AvgIpc) is 2.80. The summed E-state index contributed by atoms with van der Waals surface area (Å²) >= 11 is 5.81. The van der Waals surface area contributed by atoms with Gasteiger partial charge < -0.3 is 10.2 Å². The lowest BCUT2D eigenvalue weighted by Gasteiger charge is -2.17. The predicted molar refractivity (Wildman–Crippen MR) is 78.8 cm³/mol. The lowest BCUT2D eigenvalue weighted by atomic mass is 9.93. The van der Waals surface area contributed by atoms with E-state index >= 15 is 0 Å². The Hall–Kier alpha value is -1.52. The molecule has 1 atom stereocenters. The Balaban J connectivity index is 1.90. The SMILES string of the molecule is CC(C)(C)C1=CC(NC(=O)Cc2ccc(Cl)cc2)NO1. The Bertz CT molecular complexity index is 518. The van der Waals surface area contributed by atoms with E-state index in [-0.39, 0.29) is 17.5 Å². The van der Waals surface area contributed by atoms with Gasteiger partial charge in [0.25, 0.3) is 0 Å². The van der Waals surface area contributed by atoms with E-state index in [4.69, 9.17) is 16.4 Å². The summed E-state index contributed by atoms with van der Waals surface area (Å²) in [4.78, 5) is 17.3. The number of allylic oxidation sites excluding steroid dienone is 1. The van der Waals surface area contributed by atoms with Crippen molar-refractivity contribution in [1.29, 1.82) is 0 Å². The van der Waals surface area contributed by atoms with E-state index in [1.165, 1.54) is 0 Å². The number of hydrogen-bond acceptors (Lipinski definition) is 3. The van der Waals surface area contributed by atoms with E-state index in [0.717, 1.165) is 11.3 Å². The Labute approximate surface area is 124 Å². The third kappa shape index (κ3) is 3.99. The highest BCUT2D eigenvalue weighted by molar-refractivity contribution is 6.30. The minimum atomic E-state index is -0.288. The molecule has 0 radical (unpaired) electrons. The molecule has 1 amide bonds. The van der Waals surface area contributed by atoms with Gasteiger partial charge in [0.05, 0.1) is 6.42 Å². The van der Waals surface area contributed by atoms with Crippen molar-refractivity contribution < 1.29 is 9.63 Å². The van der Waals surface area contributed by atoms with Gasteiger partial charge in [-0.05, 0) is 23.8 Å². The molecule has 2 N–H and O–H groups in total. The van der Waals surface area contributed by atoms with E-state index < -0.39 is 0 Å². The van der Waals surface area contributed by atoms with Crippen LogP contribution in [0.4, 0.5) is 0 Å². The molecule has 4 nitrogen and oxygen atoms in total. The molecular weight excluding hydrogens is 276 g/mol. The maximum Gasteiger partial charge on any atom is 0.225 e. The summed E-state index contributed by atoms with van der Waals surface area (Å²) in [7, 11) is 0. The number of hydrogen-bond donors (Lipinski definition) is 2. The molecule has 0 spiro atoms. The van der Waals surface area contributed by atoms with Crippen molar-refractivity contribution >= 4 is 17.5 Å². The molecule has 0 fully saturated rings. The molecule has 0 aliphatic carbocycles. The molecule has 108 valence electrons. The van der Waals surface area contributed by atoms with Crippen molar-refractivity contribution in [3.8, 4) is 0 Å². The lowest BCUT2D eigenvalue weighted by molar-refractivity contribution is -0.121. The highest BCUT2D eigenvalue weighted by Gasteiger charge is 2.27. The highest BCUT2D eigenvalue weighted by Crippen LogP contribution is 2.28. The first kappa shape index (κ1) is 14.9. The van der Waals surface area contributed by atoms with Crippen LogP contribution in [0.2, 0.25) is 5.02 Å². The van der Waals surface area contributed by atoms with Crippen molar-refractivity contribution in [3.63, 3.8) is 0 Å². The lowest BCUT2D eigenvalue weighted by Crippen LogP contribution is -2.41. The number of nitrogens with one attached hydrogen (secondary N) is 2. The standard InChI is InChI=1S/C15H19ClN2O2/c1-15(2,3)12-9-13(18-20-12)17-14(19)8-10-4-6-11(16)7-5-10/h4-7,9,13,18H,8H2,1-3H3,(H,17,19). The van der Waals surface area contributed by atoms with Crippen LogP contribution < -0.4 is 10.8 Å². The average molecular weight is 295 g/mol. The second-order valence-electron chi connectivity index (χ2n) is 5.85. The molecule has 2 rings (SSSR count). The molecule has 20 heavy (non-hydrogen) atoms. The Morgan fingerprint density at radius 2 is 2.00 bits per heavy atom. The summed E-state index contributed by atoms with van der Waals surface area (Å²) in [6, 6.07) is 7.24. The first-order valence-corrected chi connectivity index (χ1v) is 6.91. The van der Waals surface area contributed by atoms with E-state index in [2.05, 4.69) is 31.6 Å². The molecule has 0 saturated heterocycles. The molecule has 0 bridgehead atoms. The Morgan fingerprint density at radius 1 is 1.35 bits per heavy atom. The fraction of sp³-hybridized carbons (Fsp3) is 0.400. The number of halogens is 1. The summed E-state index contributed by atoms with van der Waals surface area (Å²) in [5, 5.41) is 3.52. The van der Waals surface area contributed by atoms with Crippen molar-refractivity contribution in [2.75, 3.05) is 0 Å². The van der Waals surface area contributed by atoms with E-state index in [1.54, 1.807) is 12.1 Å². The summed E-state index contributed by atoms with van der Waals surface area (Å²) in [6.07, 6.45) is 1.91. The van der Waals surface area contributed by atoms with Crippen molar-refractivity contribution in [2.45, 2.75) is 33.4 Å². The second-order valence-corrected chi connectivity index (χ2v) is 6.29. The second kappa shape index (κ2) is 5.85. The first-order valence-electron chi connectivity index (χ1n) is 6.53. The van der Waals surface area contributed by atoms with Gasteiger partial charge in [-0.1, -0.05) is 44.5 Å². The van der Waals surface area contributed by atoms with Crippen LogP contribution in [0.15, 0.2) is 36.1 Å². The zero-order valence-corrected chi connectivity index (χ0v) is 12.6. The van der Waals surface area contributed by atoms with E-state index in [1.807, 2.05) is 18.2 Å². The first-order chi connectivity index (χ1) is 9.34. The van der Waals surface area contributed by atoms with Crippen LogP contribution in [0, 0.1) is 5.41 Å². The van der Waals surface area contributed by atoms with Gasteiger partial charge in [-0.3, -0.25) is 4.79 Å². The monoisotopic (exact) mass is 294 g/mol. The van der Waals surface area contributed by atoms with Crippen molar-refractivity contribution in [1.82, 2.24) is 10.8 Å². The zero-order valence-electron chi connectivity index (χ0n) is 11.9. The third-order valence-electron chi connectivity index (χ3n) is 2.95. The molecule has 1 aliphatic rings. The van der Waals surface area contributed by atoms with Crippen molar-refractivity contribution in [2.24, 2.45) is 5.41 Å². The van der Waals surface area contributed by atoms with Gasteiger partial charge in [-0.2, -0.15) is 0 Å². The smallest absolute Gasteiger partial charge is 0.225 e. The molecule has 5 heteroatoms. The molecular formula is C15H19ClN2O2. The third-order valence-corrected chi connectivity index (χ3v) is 3.20. The van der Waals surface area contributed by atoms with Gasteiger partial charge in [0.15, 0.2) is 0 Å². The topological polar surface area (TPSA) is 50.4 Å². The molecule has 1 aromatic rings. The number of carbonyl (C=O) groups is 1. The molecule has 1 aromatic carbocycles. The molecule has 0 saturated carbocycles. The van der Waals surface area contributed by atoms with Crippen LogP contribution in [-0.4, -0.2) is 12.1 Å². The van der Waals surface area contributed by atoms with Crippen LogP contribution in [-0.2, 0) is 16.1 Å².